The molecule has 0 unspecified atom stereocenters. The Morgan fingerprint density at radius 1 is 1.06 bits per heavy atom. The summed E-state index contributed by atoms with van der Waals surface area (Å²) in [5.41, 5.74) is 6.91. The molecule has 0 atom stereocenters. The minimum atomic E-state index is -0.172. The molecule has 0 aliphatic rings. The summed E-state index contributed by atoms with van der Waals surface area (Å²) >= 11 is 1.16. The molecule has 1 aromatic heterocycles. The fourth-order valence-electron chi connectivity index (χ4n) is 1.43. The molecule has 1 aromatic rings. The summed E-state index contributed by atoms with van der Waals surface area (Å²) < 4.78 is 0. The quantitative estimate of drug-likeness (QED) is 0.858. The zero-order valence-corrected chi connectivity index (χ0v) is 11.5. The maximum absolute atomic E-state index is 11.9. The number of rotatable bonds is 2. The molecular formula is C11H17N3O2S. The van der Waals surface area contributed by atoms with Crippen LogP contribution in [0.1, 0.15) is 25.6 Å². The lowest BCUT2D eigenvalue weighted by Gasteiger charge is -2.11. The standard InChI is InChI=1S/C11H17N3O2S/c1-6-7(10(15)13(2)3)9(12)17-8(6)11(16)14(4)5/h12H2,1-5H3. The van der Waals surface area contributed by atoms with Crippen LogP contribution in [0.3, 0.4) is 0 Å². The van der Waals surface area contributed by atoms with Gasteiger partial charge in [0.15, 0.2) is 0 Å². The minimum Gasteiger partial charge on any atom is -0.390 e. The van der Waals surface area contributed by atoms with E-state index in [2.05, 4.69) is 0 Å². The van der Waals surface area contributed by atoms with E-state index in [9.17, 15) is 9.59 Å². The third-order valence-corrected chi connectivity index (χ3v) is 3.50. The number of amides is 2. The van der Waals surface area contributed by atoms with Crippen molar-refractivity contribution in [3.63, 3.8) is 0 Å². The average Bonchev–Trinajstić information content (AvgIpc) is 2.52. The van der Waals surface area contributed by atoms with Gasteiger partial charge in [0.1, 0.15) is 0 Å². The number of nitrogens with zero attached hydrogens (tertiary/aromatic N) is 2. The largest absolute Gasteiger partial charge is 0.390 e. The maximum atomic E-state index is 11.9. The first-order valence-corrected chi connectivity index (χ1v) is 5.91. The molecule has 0 bridgehead atoms. The first kappa shape index (κ1) is 13.5. The Morgan fingerprint density at radius 2 is 1.53 bits per heavy atom. The Balaban J connectivity index is 3.29. The lowest BCUT2D eigenvalue weighted by molar-refractivity contribution is 0.0828. The molecule has 0 aromatic carbocycles. The van der Waals surface area contributed by atoms with Gasteiger partial charge in [-0.15, -0.1) is 11.3 Å². The van der Waals surface area contributed by atoms with Crippen molar-refractivity contribution in [3.8, 4) is 0 Å². The molecule has 0 fully saturated rings. The van der Waals surface area contributed by atoms with E-state index in [0.29, 0.717) is 21.0 Å². The van der Waals surface area contributed by atoms with E-state index in [4.69, 9.17) is 5.73 Å². The highest BCUT2D eigenvalue weighted by Crippen LogP contribution is 2.31. The summed E-state index contributed by atoms with van der Waals surface area (Å²) in [6, 6.07) is 0. The van der Waals surface area contributed by atoms with Crippen molar-refractivity contribution in [2.24, 2.45) is 0 Å². The topological polar surface area (TPSA) is 66.6 Å². The molecular weight excluding hydrogens is 238 g/mol. The Kier molecular flexibility index (Phi) is 3.77. The van der Waals surface area contributed by atoms with Crippen molar-refractivity contribution in [3.05, 3.63) is 16.0 Å². The zero-order chi connectivity index (χ0) is 13.3. The molecule has 2 N–H and O–H groups in total. The molecule has 1 heterocycles. The Bertz CT molecular complexity index is 464. The van der Waals surface area contributed by atoms with Crippen LogP contribution in [0.2, 0.25) is 0 Å². The average molecular weight is 255 g/mol. The van der Waals surface area contributed by atoms with Crippen molar-refractivity contribution in [2.45, 2.75) is 6.92 Å². The van der Waals surface area contributed by atoms with Crippen LogP contribution in [-0.4, -0.2) is 49.8 Å². The molecule has 0 saturated heterocycles. The number of nitrogens with two attached hydrogens (primary N) is 1. The van der Waals surface area contributed by atoms with Gasteiger partial charge < -0.3 is 15.5 Å². The van der Waals surface area contributed by atoms with E-state index in [1.165, 1.54) is 9.80 Å². The van der Waals surface area contributed by atoms with Crippen LogP contribution in [0.15, 0.2) is 0 Å². The molecule has 94 valence electrons. The molecule has 0 aliphatic heterocycles. The summed E-state index contributed by atoms with van der Waals surface area (Å²) in [6.45, 7) is 1.75. The molecule has 0 radical (unpaired) electrons. The van der Waals surface area contributed by atoms with Crippen molar-refractivity contribution in [1.82, 2.24) is 9.80 Å². The number of carbonyl (C=O) groups is 2. The van der Waals surface area contributed by atoms with Gasteiger partial charge >= 0.3 is 0 Å². The molecule has 5 nitrogen and oxygen atoms in total. The highest BCUT2D eigenvalue weighted by molar-refractivity contribution is 7.18. The van der Waals surface area contributed by atoms with Gasteiger partial charge in [0, 0.05) is 28.2 Å². The van der Waals surface area contributed by atoms with Gasteiger partial charge in [-0.2, -0.15) is 0 Å². The van der Waals surface area contributed by atoms with E-state index in [1.807, 2.05) is 0 Å². The van der Waals surface area contributed by atoms with Crippen molar-refractivity contribution in [2.75, 3.05) is 33.9 Å². The lowest BCUT2D eigenvalue weighted by Crippen LogP contribution is -2.24. The lowest BCUT2D eigenvalue weighted by atomic mass is 10.1. The fraction of sp³-hybridized carbons (Fsp3) is 0.455. The van der Waals surface area contributed by atoms with Crippen LogP contribution in [0, 0.1) is 6.92 Å². The number of hydrogen-bond donors (Lipinski definition) is 1. The van der Waals surface area contributed by atoms with E-state index >= 15 is 0 Å². The second-order valence-corrected chi connectivity index (χ2v) is 5.25. The SMILES string of the molecule is Cc1c(C(=O)N(C)C)sc(N)c1C(=O)N(C)C. The van der Waals surface area contributed by atoms with Gasteiger partial charge in [-0.1, -0.05) is 0 Å². The molecule has 2 amide bonds. The second kappa shape index (κ2) is 4.75. The van der Waals surface area contributed by atoms with Crippen molar-refractivity contribution >= 4 is 28.2 Å². The van der Waals surface area contributed by atoms with Gasteiger partial charge in [-0.25, -0.2) is 0 Å². The summed E-state index contributed by atoms with van der Waals surface area (Å²) in [7, 11) is 6.66. The smallest absolute Gasteiger partial charge is 0.263 e. The van der Waals surface area contributed by atoms with E-state index < -0.39 is 0 Å². The normalized spacial score (nSPS) is 10.2. The van der Waals surface area contributed by atoms with Crippen LogP contribution in [-0.2, 0) is 0 Å². The van der Waals surface area contributed by atoms with Crippen LogP contribution < -0.4 is 5.73 Å². The van der Waals surface area contributed by atoms with Crippen molar-refractivity contribution < 1.29 is 9.59 Å². The molecule has 17 heavy (non-hydrogen) atoms. The van der Waals surface area contributed by atoms with Crippen LogP contribution in [0.25, 0.3) is 0 Å². The predicted molar refractivity (Wildman–Crippen MR) is 69.5 cm³/mol. The minimum absolute atomic E-state index is 0.128. The number of thiophene rings is 1. The maximum Gasteiger partial charge on any atom is 0.263 e. The van der Waals surface area contributed by atoms with Gasteiger partial charge in [-0.05, 0) is 12.5 Å². The van der Waals surface area contributed by atoms with Crippen LogP contribution >= 0.6 is 11.3 Å². The summed E-state index contributed by atoms with van der Waals surface area (Å²) in [5, 5.41) is 0.395. The zero-order valence-electron chi connectivity index (χ0n) is 10.7. The Morgan fingerprint density at radius 3 is 1.94 bits per heavy atom. The molecule has 0 aliphatic carbocycles. The van der Waals surface area contributed by atoms with Crippen LogP contribution in [0.4, 0.5) is 5.00 Å². The Labute approximate surface area is 105 Å². The predicted octanol–water partition coefficient (Wildman–Crippen LogP) is 1.04. The number of anilines is 1. The number of nitrogen functional groups attached to an aromatic ring is 1. The summed E-state index contributed by atoms with van der Waals surface area (Å²) in [4.78, 5) is 27.3. The highest BCUT2D eigenvalue weighted by atomic mass is 32.1. The molecule has 0 spiro atoms. The monoisotopic (exact) mass is 255 g/mol. The van der Waals surface area contributed by atoms with Gasteiger partial charge in [0.2, 0.25) is 0 Å². The van der Waals surface area contributed by atoms with Gasteiger partial charge in [0.25, 0.3) is 11.8 Å². The third-order valence-electron chi connectivity index (χ3n) is 2.39. The Hall–Kier alpha value is -1.56. The van der Waals surface area contributed by atoms with E-state index in [0.717, 1.165) is 11.3 Å². The molecule has 6 heteroatoms. The molecule has 0 saturated carbocycles. The van der Waals surface area contributed by atoms with Crippen molar-refractivity contribution in [1.29, 1.82) is 0 Å². The van der Waals surface area contributed by atoms with E-state index in [-0.39, 0.29) is 11.8 Å². The first-order valence-electron chi connectivity index (χ1n) is 5.09. The third kappa shape index (κ3) is 2.41. The number of carbonyl (C=O) groups excluding carboxylic acids is 2. The fourth-order valence-corrected chi connectivity index (χ4v) is 2.52. The summed E-state index contributed by atoms with van der Waals surface area (Å²) in [6.07, 6.45) is 0. The van der Waals surface area contributed by atoms with Gasteiger partial charge in [0.05, 0.1) is 15.4 Å². The highest BCUT2D eigenvalue weighted by Gasteiger charge is 2.24. The first-order chi connectivity index (χ1) is 7.77. The molecule has 1 rings (SSSR count). The van der Waals surface area contributed by atoms with E-state index in [1.54, 1.807) is 35.1 Å². The second-order valence-electron chi connectivity index (χ2n) is 4.19. The van der Waals surface area contributed by atoms with Gasteiger partial charge in [-0.3, -0.25) is 9.59 Å². The summed E-state index contributed by atoms with van der Waals surface area (Å²) in [5.74, 6) is -0.300. The number of hydrogen-bond acceptors (Lipinski definition) is 4. The van der Waals surface area contributed by atoms with Crippen LogP contribution in [0.5, 0.6) is 0 Å².